The topological polar surface area (TPSA) is 302 Å². The molecule has 0 aliphatic heterocycles. The quantitative estimate of drug-likeness (QED) is 0.210. The molecule has 0 rings (SSSR count). The number of nitrogens with zero attached hydrogens (tertiary/aromatic N) is 1. The number of rotatable bonds is 3. The van der Waals surface area contributed by atoms with Gasteiger partial charge in [0, 0.05) is 0 Å². The van der Waals surface area contributed by atoms with E-state index in [0.717, 1.165) is 0 Å². The van der Waals surface area contributed by atoms with E-state index in [1.807, 2.05) is 0 Å². The predicted molar refractivity (Wildman–Crippen MR) is 94.5 cm³/mol. The Kier molecular flexibility index (Phi) is 28.7. The Morgan fingerprint density at radius 2 is 0.484 bits per heavy atom. The lowest BCUT2D eigenvalue weighted by atomic mass is 10.5. The van der Waals surface area contributed by atoms with Crippen LogP contribution in [0.1, 0.15) is 20.8 Å². The number of carbonyl (C=O) groups is 8. The highest BCUT2D eigenvalue weighted by atomic mass is 16.5. The van der Waals surface area contributed by atoms with Gasteiger partial charge in [0.2, 0.25) is 0 Å². The van der Waals surface area contributed by atoms with E-state index >= 15 is 0 Å². The van der Waals surface area contributed by atoms with Gasteiger partial charge in [0.1, 0.15) is 0 Å². The van der Waals surface area contributed by atoms with Crippen molar-refractivity contribution in [2.45, 2.75) is 20.8 Å². The molecule has 0 aliphatic rings. The minimum Gasteiger partial charge on any atom is -0.473 e. The SMILES string of the molecule is CCN(CC)CC.O=C(O)C(=O)O.O=C(O)C(=O)O.O=C(O)C(=O)O.O=C(O)C(=O)O. The molecule has 0 heterocycles. The van der Waals surface area contributed by atoms with Crippen LogP contribution in [0.4, 0.5) is 0 Å². The van der Waals surface area contributed by atoms with Crippen LogP contribution in [0.25, 0.3) is 0 Å². The molecule has 0 aromatic carbocycles. The number of aliphatic carboxylic acids is 8. The van der Waals surface area contributed by atoms with E-state index in [1.165, 1.54) is 19.6 Å². The zero-order valence-electron chi connectivity index (χ0n) is 16.4. The largest absolute Gasteiger partial charge is 0.473 e. The third-order valence-corrected chi connectivity index (χ3v) is 2.07. The van der Waals surface area contributed by atoms with Gasteiger partial charge in [-0.1, -0.05) is 20.8 Å². The van der Waals surface area contributed by atoms with Crippen molar-refractivity contribution in [3.8, 4) is 0 Å². The molecule has 0 amide bonds. The summed E-state index contributed by atoms with van der Waals surface area (Å²) in [5.74, 6) is -14.6. The summed E-state index contributed by atoms with van der Waals surface area (Å²) in [5, 5.41) is 59.1. The summed E-state index contributed by atoms with van der Waals surface area (Å²) >= 11 is 0. The lowest BCUT2D eigenvalue weighted by Crippen LogP contribution is -2.21. The molecule has 17 nitrogen and oxygen atoms in total. The van der Waals surface area contributed by atoms with Gasteiger partial charge in [-0.15, -0.1) is 0 Å². The first-order chi connectivity index (χ1) is 13.9. The van der Waals surface area contributed by atoms with Gasteiger partial charge in [0.25, 0.3) is 0 Å². The molecule has 0 aromatic heterocycles. The summed E-state index contributed by atoms with van der Waals surface area (Å²) in [7, 11) is 0. The highest BCUT2D eigenvalue weighted by molar-refractivity contribution is 6.28. The average molecular weight is 461 g/mol. The first-order valence-electron chi connectivity index (χ1n) is 7.49. The fourth-order valence-corrected chi connectivity index (χ4v) is 0.671. The van der Waals surface area contributed by atoms with E-state index in [-0.39, 0.29) is 0 Å². The van der Waals surface area contributed by atoms with Gasteiger partial charge in [0.15, 0.2) is 0 Å². The van der Waals surface area contributed by atoms with E-state index in [4.69, 9.17) is 79.2 Å². The zero-order valence-corrected chi connectivity index (χ0v) is 16.4. The van der Waals surface area contributed by atoms with Crippen LogP contribution in [-0.2, 0) is 38.4 Å². The van der Waals surface area contributed by atoms with Crippen LogP contribution in [0.3, 0.4) is 0 Å². The fourth-order valence-electron chi connectivity index (χ4n) is 0.671. The normalized spacial score (nSPS) is 8.00. The molecule has 0 saturated heterocycles. The number of carboxylic acids is 8. The Morgan fingerprint density at radius 1 is 0.387 bits per heavy atom. The molecular formula is C14H23NO16. The number of carboxylic acid groups (broad SMARTS) is 8. The molecule has 180 valence electrons. The maximum absolute atomic E-state index is 9.10. The van der Waals surface area contributed by atoms with Crippen LogP contribution in [0.2, 0.25) is 0 Å². The van der Waals surface area contributed by atoms with Crippen molar-refractivity contribution < 1.29 is 79.2 Å². The minimum absolute atomic E-state index is 1.19. The third-order valence-electron chi connectivity index (χ3n) is 2.07. The van der Waals surface area contributed by atoms with E-state index in [1.54, 1.807) is 0 Å². The molecule has 8 N–H and O–H groups in total. The second-order valence-corrected chi connectivity index (χ2v) is 4.06. The summed E-state index contributed by atoms with van der Waals surface area (Å²) in [6.45, 7) is 10.1. The standard InChI is InChI=1S/C6H15N.4C2H2O4/c1-4-7(5-2)6-3;4*3-1(4)2(5)6/h4-6H2,1-3H3;4*(H,3,4)(H,5,6). The summed E-state index contributed by atoms with van der Waals surface area (Å²) in [6, 6.07) is 0. The summed E-state index contributed by atoms with van der Waals surface area (Å²) in [5.41, 5.74) is 0. The number of hydrogen-bond donors (Lipinski definition) is 8. The monoisotopic (exact) mass is 461 g/mol. The van der Waals surface area contributed by atoms with Gasteiger partial charge < -0.3 is 45.8 Å². The first kappa shape index (κ1) is 37.5. The molecular weight excluding hydrogens is 438 g/mol. The zero-order chi connectivity index (χ0) is 26.3. The maximum Gasteiger partial charge on any atom is 0.414 e. The molecule has 17 heteroatoms. The fraction of sp³-hybridized carbons (Fsp3) is 0.429. The summed E-state index contributed by atoms with van der Waals surface area (Å²) in [6.07, 6.45) is 0. The Bertz CT molecular complexity index is 472. The first-order valence-corrected chi connectivity index (χ1v) is 7.49. The highest BCUT2D eigenvalue weighted by Crippen LogP contribution is 1.81. The average Bonchev–Trinajstić information content (AvgIpc) is 2.64. The second-order valence-electron chi connectivity index (χ2n) is 4.06. The molecule has 0 bridgehead atoms. The van der Waals surface area contributed by atoms with Crippen LogP contribution in [-0.4, -0.2) is 113 Å². The van der Waals surface area contributed by atoms with Crippen LogP contribution < -0.4 is 0 Å². The lowest BCUT2D eigenvalue weighted by Gasteiger charge is -2.13. The Morgan fingerprint density at radius 3 is 0.484 bits per heavy atom. The van der Waals surface area contributed by atoms with Crippen LogP contribution in [0, 0.1) is 0 Å². The summed E-state index contributed by atoms with van der Waals surface area (Å²) in [4.78, 5) is 75.2. The van der Waals surface area contributed by atoms with Crippen molar-refractivity contribution in [1.29, 1.82) is 0 Å². The van der Waals surface area contributed by atoms with E-state index in [9.17, 15) is 0 Å². The smallest absolute Gasteiger partial charge is 0.414 e. The highest BCUT2D eigenvalue weighted by Gasteiger charge is 2.05. The Labute approximate surface area is 173 Å². The van der Waals surface area contributed by atoms with E-state index in [0.29, 0.717) is 0 Å². The maximum atomic E-state index is 9.10. The van der Waals surface area contributed by atoms with E-state index < -0.39 is 47.8 Å². The molecule has 0 atom stereocenters. The van der Waals surface area contributed by atoms with Crippen LogP contribution in [0.5, 0.6) is 0 Å². The van der Waals surface area contributed by atoms with Gasteiger partial charge in [0.05, 0.1) is 0 Å². The summed E-state index contributed by atoms with van der Waals surface area (Å²) < 4.78 is 0. The Balaban J connectivity index is -0.0000000910. The lowest BCUT2D eigenvalue weighted by molar-refractivity contribution is -0.159. The van der Waals surface area contributed by atoms with Crippen LogP contribution in [0.15, 0.2) is 0 Å². The van der Waals surface area contributed by atoms with Crippen LogP contribution >= 0.6 is 0 Å². The molecule has 0 spiro atoms. The third kappa shape index (κ3) is 46.1. The molecule has 0 aliphatic carbocycles. The van der Waals surface area contributed by atoms with Gasteiger partial charge in [-0.2, -0.15) is 0 Å². The molecule has 0 saturated carbocycles. The second kappa shape index (κ2) is 23.8. The van der Waals surface area contributed by atoms with E-state index in [2.05, 4.69) is 25.7 Å². The van der Waals surface area contributed by atoms with Gasteiger partial charge in [-0.3, -0.25) is 0 Å². The van der Waals surface area contributed by atoms with Crippen molar-refractivity contribution in [2.24, 2.45) is 0 Å². The molecule has 0 unspecified atom stereocenters. The Hall–Kier alpha value is -4.28. The van der Waals surface area contributed by atoms with Gasteiger partial charge in [-0.05, 0) is 19.6 Å². The molecule has 0 radical (unpaired) electrons. The molecule has 31 heavy (non-hydrogen) atoms. The molecule has 0 fully saturated rings. The predicted octanol–water partition coefficient (Wildman–Crippen LogP) is -2.03. The van der Waals surface area contributed by atoms with Crippen molar-refractivity contribution in [2.75, 3.05) is 19.6 Å². The van der Waals surface area contributed by atoms with Gasteiger partial charge in [-0.25, -0.2) is 38.4 Å². The van der Waals surface area contributed by atoms with Crippen molar-refractivity contribution in [3.63, 3.8) is 0 Å². The minimum atomic E-state index is -1.82. The van der Waals surface area contributed by atoms with Crippen molar-refractivity contribution in [3.05, 3.63) is 0 Å². The number of hydrogen-bond acceptors (Lipinski definition) is 9. The van der Waals surface area contributed by atoms with Crippen molar-refractivity contribution in [1.82, 2.24) is 4.90 Å². The van der Waals surface area contributed by atoms with Gasteiger partial charge >= 0.3 is 47.8 Å². The van der Waals surface area contributed by atoms with Crippen molar-refractivity contribution >= 4 is 47.8 Å². The molecule has 0 aromatic rings.